The Kier molecular flexibility index (Phi) is 17.8. The number of carbonyl (C=O) groups excluding carboxylic acids is 1. The van der Waals surface area contributed by atoms with Crippen LogP contribution in [0.3, 0.4) is 0 Å². The van der Waals surface area contributed by atoms with Gasteiger partial charge in [-0.15, -0.1) is 24.8 Å². The Bertz CT molecular complexity index is 1310. The molecule has 1 N–H and O–H groups in total. The monoisotopic (exact) mass is 846 g/mol. The zero-order chi connectivity index (χ0) is 38.2. The highest BCUT2D eigenvalue weighted by atomic mass is 35.5. The first-order valence-electron chi connectivity index (χ1n) is 20.3. The van der Waals surface area contributed by atoms with Crippen LogP contribution in [0.5, 0.6) is 0 Å². The Labute approximate surface area is 340 Å². The molecule has 1 amide bonds. The van der Waals surface area contributed by atoms with Gasteiger partial charge in [-0.3, -0.25) is 9.80 Å². The fourth-order valence-electron chi connectivity index (χ4n) is 8.69. The summed E-state index contributed by atoms with van der Waals surface area (Å²) in [7, 11) is 0. The second kappa shape index (κ2) is 21.1. The predicted octanol–water partition coefficient (Wildman–Crippen LogP) is 8.51. The number of nitrogens with one attached hydrogen (secondary N) is 1. The van der Waals surface area contributed by atoms with Crippen molar-refractivity contribution in [1.29, 1.82) is 0 Å². The minimum atomic E-state index is -4.15. The summed E-state index contributed by atoms with van der Waals surface area (Å²) < 4.78 is 94.3. The molecular weight excluding hydrogens is 785 g/mol. The number of nitrogens with zero attached hydrogens (tertiary/aromatic N) is 3. The largest absolute Gasteiger partial charge is 0.445 e. The van der Waals surface area contributed by atoms with Crippen LogP contribution in [-0.2, 0) is 20.8 Å². The number of benzene rings is 1. The van der Waals surface area contributed by atoms with Crippen molar-refractivity contribution in [3.63, 3.8) is 0 Å². The minimum absolute atomic E-state index is 0. The second-order valence-electron chi connectivity index (χ2n) is 16.8. The summed E-state index contributed by atoms with van der Waals surface area (Å²) in [5, 5.41) is 3.38. The van der Waals surface area contributed by atoms with Crippen LogP contribution in [0.25, 0.3) is 0 Å². The van der Waals surface area contributed by atoms with Crippen LogP contribution in [0.1, 0.15) is 82.6 Å². The van der Waals surface area contributed by atoms with E-state index in [9.17, 15) is 31.1 Å². The number of rotatable bonds is 12. The van der Waals surface area contributed by atoms with E-state index < -0.39 is 23.2 Å². The van der Waals surface area contributed by atoms with E-state index in [-0.39, 0.29) is 82.3 Å². The van der Waals surface area contributed by atoms with Crippen molar-refractivity contribution in [1.82, 2.24) is 20.0 Å². The molecule has 1 aromatic rings. The molecule has 2 aliphatic carbocycles. The van der Waals surface area contributed by atoms with Crippen molar-refractivity contribution in [2.75, 3.05) is 78.8 Å². The molecule has 0 radical (unpaired) electrons. The van der Waals surface area contributed by atoms with E-state index >= 15 is 0 Å². The second-order valence-corrected chi connectivity index (χ2v) is 16.8. The molecule has 2 atom stereocenters. The average molecular weight is 848 g/mol. The van der Waals surface area contributed by atoms with Gasteiger partial charge in [0, 0.05) is 38.3 Å². The molecule has 0 spiro atoms. The summed E-state index contributed by atoms with van der Waals surface area (Å²) >= 11 is 0. The summed E-state index contributed by atoms with van der Waals surface area (Å²) in [4.78, 5) is 19.1. The summed E-state index contributed by atoms with van der Waals surface area (Å²) in [5.41, 5.74) is -2.13. The van der Waals surface area contributed by atoms with E-state index in [1.165, 1.54) is 12.8 Å². The fraction of sp³-hybridized carbons (Fsp3) is 0.825. The zero-order valence-electron chi connectivity index (χ0n) is 32.4. The topological polar surface area (TPSA) is 66.5 Å². The normalized spacial score (nSPS) is 25.9. The Morgan fingerprint density at radius 3 is 1.59 bits per heavy atom. The summed E-state index contributed by atoms with van der Waals surface area (Å²) in [6.45, 7) is 8.32. The fourth-order valence-corrected chi connectivity index (χ4v) is 8.69. The van der Waals surface area contributed by atoms with Gasteiger partial charge in [0.1, 0.15) is 6.61 Å². The number of hydrogen-bond acceptors (Lipinski definition) is 7. The maximum Gasteiger partial charge on any atom is 0.410 e. The molecular formula is C40H62Cl2F6N4O4. The molecule has 2 saturated carbocycles. The highest BCUT2D eigenvalue weighted by Crippen LogP contribution is 2.58. The van der Waals surface area contributed by atoms with Gasteiger partial charge in [0.25, 0.3) is 0 Å². The standard InChI is InChI=1S/C24H33F3N2O3.C16H27F3N2O.2ClH/c25-24(26,27)23(10-11-23)18-31-16-20-7-4-12-29(15-20)21-8-13-28(14-9-21)22(30)32-17-19-5-2-1-3-6-19;17-16(18,19)15(5-6-15)12-22-11-13-2-1-9-21(10-13)14-3-7-20-8-4-14;;/h1-3,5-6,20-21H,4,7-18H2;13-14,20H,1-12H2;2*1H/t20-;13-;;/m11../s1. The first-order valence-corrected chi connectivity index (χ1v) is 20.3. The lowest BCUT2D eigenvalue weighted by Crippen LogP contribution is -2.50. The van der Waals surface area contributed by atoms with Crippen molar-refractivity contribution in [2.24, 2.45) is 22.7 Å². The van der Waals surface area contributed by atoms with Crippen molar-refractivity contribution < 1.29 is 45.3 Å². The maximum atomic E-state index is 13.1. The van der Waals surface area contributed by atoms with E-state index in [1.54, 1.807) is 4.90 Å². The SMILES string of the molecule is Cl.Cl.FC(F)(F)C1(COC[C@@H]2CCCN(C3CCNCC3)C2)CC1.O=C(OCc1ccccc1)N1CCC(N2CCC[C@@H](COCC3(C(F)(F)F)CC3)C2)CC1. The number of ether oxygens (including phenoxy) is 3. The van der Waals surface area contributed by atoms with Crippen LogP contribution in [0.15, 0.2) is 30.3 Å². The zero-order valence-corrected chi connectivity index (χ0v) is 34.1. The third-order valence-electron chi connectivity index (χ3n) is 12.7. The molecule has 0 unspecified atom stereocenters. The third-order valence-corrected chi connectivity index (χ3v) is 12.7. The van der Waals surface area contributed by atoms with Crippen LogP contribution < -0.4 is 5.32 Å². The molecule has 6 fully saturated rings. The smallest absolute Gasteiger partial charge is 0.410 e. The molecule has 4 heterocycles. The molecule has 4 saturated heterocycles. The molecule has 8 nitrogen and oxygen atoms in total. The number of likely N-dealkylation sites (tertiary alicyclic amines) is 3. The molecule has 1 aromatic carbocycles. The summed E-state index contributed by atoms with van der Waals surface area (Å²) in [6.07, 6.45) is 0.773. The molecule has 56 heavy (non-hydrogen) atoms. The van der Waals surface area contributed by atoms with E-state index in [2.05, 4.69) is 15.1 Å². The van der Waals surface area contributed by atoms with Crippen LogP contribution in [0.4, 0.5) is 31.1 Å². The Hall–Kier alpha value is -1.55. The molecule has 0 aromatic heterocycles. The predicted molar refractivity (Wildman–Crippen MR) is 207 cm³/mol. The van der Waals surface area contributed by atoms with Crippen molar-refractivity contribution in [2.45, 2.75) is 108 Å². The van der Waals surface area contributed by atoms with Gasteiger partial charge >= 0.3 is 18.4 Å². The first kappa shape index (κ1) is 47.1. The Morgan fingerprint density at radius 2 is 1.14 bits per heavy atom. The quantitative estimate of drug-likeness (QED) is 0.212. The van der Waals surface area contributed by atoms with Gasteiger partial charge in [-0.25, -0.2) is 4.79 Å². The molecule has 6 aliphatic rings. The first-order chi connectivity index (χ1) is 25.9. The lowest BCUT2D eigenvalue weighted by atomic mass is 9.94. The number of piperidine rings is 4. The lowest BCUT2D eigenvalue weighted by molar-refractivity contribution is -0.203. The summed E-state index contributed by atoms with van der Waals surface area (Å²) in [5.74, 6) is 0.675. The Balaban J connectivity index is 0.000000255. The van der Waals surface area contributed by atoms with E-state index in [0.717, 1.165) is 83.4 Å². The average Bonchev–Trinajstić information content (AvgIpc) is 4.12. The van der Waals surface area contributed by atoms with Crippen LogP contribution >= 0.6 is 24.8 Å². The number of alkyl halides is 6. The third kappa shape index (κ3) is 13.0. The van der Waals surface area contributed by atoms with Gasteiger partial charge in [0.2, 0.25) is 0 Å². The number of halogens is 8. The molecule has 7 rings (SSSR count). The maximum absolute atomic E-state index is 13.1. The Morgan fingerprint density at radius 1 is 0.679 bits per heavy atom. The molecule has 4 aliphatic heterocycles. The van der Waals surface area contributed by atoms with Crippen molar-refractivity contribution in [3.05, 3.63) is 35.9 Å². The van der Waals surface area contributed by atoms with Crippen molar-refractivity contribution >= 4 is 30.9 Å². The van der Waals surface area contributed by atoms with Gasteiger partial charge in [-0.2, -0.15) is 26.3 Å². The van der Waals surface area contributed by atoms with E-state index in [4.69, 9.17) is 14.2 Å². The van der Waals surface area contributed by atoms with Crippen LogP contribution in [-0.4, -0.2) is 124 Å². The molecule has 0 bridgehead atoms. The number of hydrogen-bond donors (Lipinski definition) is 1. The van der Waals surface area contributed by atoms with Crippen LogP contribution in [0.2, 0.25) is 0 Å². The minimum Gasteiger partial charge on any atom is -0.445 e. The van der Waals surface area contributed by atoms with Gasteiger partial charge in [0.15, 0.2) is 0 Å². The van der Waals surface area contributed by atoms with Gasteiger partial charge in [-0.05, 0) is 121 Å². The lowest BCUT2D eigenvalue weighted by Gasteiger charge is -2.42. The van der Waals surface area contributed by atoms with Crippen molar-refractivity contribution in [3.8, 4) is 0 Å². The van der Waals surface area contributed by atoms with Gasteiger partial charge in [0.05, 0.1) is 37.3 Å². The summed E-state index contributed by atoms with van der Waals surface area (Å²) in [6, 6.07) is 10.7. The highest BCUT2D eigenvalue weighted by molar-refractivity contribution is 5.85. The van der Waals surface area contributed by atoms with Gasteiger partial charge in [-0.1, -0.05) is 30.3 Å². The van der Waals surface area contributed by atoms with E-state index in [0.29, 0.717) is 44.3 Å². The van der Waals surface area contributed by atoms with Crippen LogP contribution in [0, 0.1) is 22.7 Å². The number of carbonyl (C=O) groups is 1. The van der Waals surface area contributed by atoms with Gasteiger partial charge < -0.3 is 24.4 Å². The number of amides is 1. The van der Waals surface area contributed by atoms with E-state index in [1.807, 2.05) is 30.3 Å². The highest BCUT2D eigenvalue weighted by Gasteiger charge is 2.64. The molecule has 322 valence electrons. The molecule has 16 heteroatoms.